The Morgan fingerprint density at radius 2 is 1.71 bits per heavy atom. The number of nitrogens with one attached hydrogen (secondary N) is 1. The topological polar surface area (TPSA) is 90.6 Å². The third-order valence-electron chi connectivity index (χ3n) is 4.98. The minimum atomic E-state index is -0.210. The monoisotopic (exact) mass is 473 g/mol. The molecule has 8 nitrogen and oxygen atoms in total. The quantitative estimate of drug-likeness (QED) is 0.292. The number of rotatable bonds is 8. The van der Waals surface area contributed by atoms with Crippen molar-refractivity contribution in [2.45, 2.75) is 5.16 Å². The molecule has 0 saturated carbocycles. The SMILES string of the molecule is COc1ccc(/C=N/n2c(SC)nnc2-c2ccccc2NC(=O)c2ccccc2)cc1OC. The third-order valence-corrected chi connectivity index (χ3v) is 5.60. The van der Waals surface area contributed by atoms with Crippen molar-refractivity contribution in [3.05, 3.63) is 83.9 Å². The zero-order valence-corrected chi connectivity index (χ0v) is 19.7. The molecule has 0 aliphatic carbocycles. The molecule has 0 atom stereocenters. The van der Waals surface area contributed by atoms with Gasteiger partial charge in [-0.05, 0) is 54.3 Å². The van der Waals surface area contributed by atoms with E-state index in [1.165, 1.54) is 11.8 Å². The summed E-state index contributed by atoms with van der Waals surface area (Å²) in [5.41, 5.74) is 2.69. The number of carbonyl (C=O) groups excluding carboxylic acids is 1. The Labute approximate surface area is 201 Å². The van der Waals surface area contributed by atoms with Gasteiger partial charge < -0.3 is 14.8 Å². The van der Waals surface area contributed by atoms with E-state index in [4.69, 9.17) is 9.47 Å². The molecule has 3 aromatic carbocycles. The molecule has 0 saturated heterocycles. The van der Waals surface area contributed by atoms with Crippen LogP contribution in [-0.2, 0) is 0 Å². The number of nitrogens with zero attached hydrogens (tertiary/aromatic N) is 4. The van der Waals surface area contributed by atoms with E-state index in [0.29, 0.717) is 39.3 Å². The second kappa shape index (κ2) is 10.7. The van der Waals surface area contributed by atoms with E-state index >= 15 is 0 Å². The summed E-state index contributed by atoms with van der Waals surface area (Å²) < 4.78 is 12.3. The molecule has 9 heteroatoms. The molecule has 0 fully saturated rings. The molecule has 0 spiro atoms. The van der Waals surface area contributed by atoms with Crippen LogP contribution in [0.3, 0.4) is 0 Å². The van der Waals surface area contributed by atoms with Gasteiger partial charge in [0.25, 0.3) is 5.91 Å². The molecule has 34 heavy (non-hydrogen) atoms. The molecule has 172 valence electrons. The minimum Gasteiger partial charge on any atom is -0.493 e. The molecule has 4 aromatic rings. The molecule has 0 aliphatic rings. The van der Waals surface area contributed by atoms with Crippen LogP contribution in [0.15, 0.2) is 83.1 Å². The van der Waals surface area contributed by atoms with E-state index in [1.807, 2.05) is 66.9 Å². The predicted octanol–water partition coefficient (Wildman–Crippen LogP) is 4.82. The van der Waals surface area contributed by atoms with Crippen molar-refractivity contribution in [3.63, 3.8) is 0 Å². The van der Waals surface area contributed by atoms with Gasteiger partial charge in [-0.1, -0.05) is 42.1 Å². The summed E-state index contributed by atoms with van der Waals surface area (Å²) in [5, 5.41) is 16.8. The van der Waals surface area contributed by atoms with Crippen LogP contribution in [-0.4, -0.2) is 47.5 Å². The lowest BCUT2D eigenvalue weighted by atomic mass is 10.1. The average molecular weight is 474 g/mol. The lowest BCUT2D eigenvalue weighted by Crippen LogP contribution is -2.12. The van der Waals surface area contributed by atoms with Crippen molar-refractivity contribution < 1.29 is 14.3 Å². The number of methoxy groups -OCH3 is 2. The summed E-state index contributed by atoms with van der Waals surface area (Å²) in [6, 6.07) is 22.0. The number of carbonyl (C=O) groups is 1. The lowest BCUT2D eigenvalue weighted by molar-refractivity contribution is 0.102. The molecule has 0 bridgehead atoms. The first-order valence-corrected chi connectivity index (χ1v) is 11.6. The smallest absolute Gasteiger partial charge is 0.255 e. The number of aromatic nitrogens is 3. The fraction of sp³-hybridized carbons (Fsp3) is 0.120. The largest absolute Gasteiger partial charge is 0.493 e. The van der Waals surface area contributed by atoms with Crippen molar-refractivity contribution in [2.24, 2.45) is 5.10 Å². The lowest BCUT2D eigenvalue weighted by Gasteiger charge is -2.11. The summed E-state index contributed by atoms with van der Waals surface area (Å²) in [7, 11) is 3.18. The number of ether oxygens (including phenoxy) is 2. The van der Waals surface area contributed by atoms with Gasteiger partial charge in [-0.15, -0.1) is 10.2 Å². The number of anilines is 1. The summed E-state index contributed by atoms with van der Waals surface area (Å²) in [6.45, 7) is 0. The normalized spacial score (nSPS) is 10.9. The Hall–Kier alpha value is -4.11. The highest BCUT2D eigenvalue weighted by Crippen LogP contribution is 2.30. The highest BCUT2D eigenvalue weighted by molar-refractivity contribution is 7.98. The Balaban J connectivity index is 1.69. The van der Waals surface area contributed by atoms with Gasteiger partial charge in [0.1, 0.15) is 0 Å². The fourth-order valence-electron chi connectivity index (χ4n) is 3.29. The van der Waals surface area contributed by atoms with Crippen LogP contribution in [0.4, 0.5) is 5.69 Å². The van der Waals surface area contributed by atoms with Gasteiger partial charge >= 0.3 is 0 Å². The first-order chi connectivity index (χ1) is 16.6. The molecule has 4 rings (SSSR count). The van der Waals surface area contributed by atoms with Crippen molar-refractivity contribution >= 4 is 29.6 Å². The van der Waals surface area contributed by atoms with Gasteiger partial charge in [0.05, 0.1) is 26.1 Å². The molecule has 0 unspecified atom stereocenters. The van der Waals surface area contributed by atoms with E-state index in [1.54, 1.807) is 37.2 Å². The Morgan fingerprint density at radius 3 is 2.44 bits per heavy atom. The minimum absolute atomic E-state index is 0.210. The van der Waals surface area contributed by atoms with Gasteiger partial charge in [-0.2, -0.15) is 9.78 Å². The molecule has 1 amide bonds. The second-order valence-corrected chi connectivity index (χ2v) is 7.82. The van der Waals surface area contributed by atoms with Crippen LogP contribution in [0.5, 0.6) is 11.5 Å². The van der Waals surface area contributed by atoms with Crippen molar-refractivity contribution in [1.82, 2.24) is 14.9 Å². The molecular weight excluding hydrogens is 450 g/mol. The summed E-state index contributed by atoms with van der Waals surface area (Å²) in [4.78, 5) is 12.8. The molecule has 1 aromatic heterocycles. The maximum atomic E-state index is 12.8. The Morgan fingerprint density at radius 1 is 0.971 bits per heavy atom. The van der Waals surface area contributed by atoms with Crippen molar-refractivity contribution in [2.75, 3.05) is 25.8 Å². The number of hydrogen-bond donors (Lipinski definition) is 1. The maximum Gasteiger partial charge on any atom is 0.255 e. The van der Waals surface area contributed by atoms with E-state index in [0.717, 1.165) is 5.56 Å². The highest BCUT2D eigenvalue weighted by atomic mass is 32.2. The molecule has 0 aliphatic heterocycles. The fourth-order valence-corrected chi connectivity index (χ4v) is 3.72. The van der Waals surface area contributed by atoms with Crippen LogP contribution in [0.1, 0.15) is 15.9 Å². The van der Waals surface area contributed by atoms with Gasteiger partial charge in [-0.3, -0.25) is 4.79 Å². The van der Waals surface area contributed by atoms with Crippen LogP contribution in [0, 0.1) is 0 Å². The summed E-state index contributed by atoms with van der Waals surface area (Å²) >= 11 is 1.42. The van der Waals surface area contributed by atoms with Gasteiger partial charge in [0, 0.05) is 11.1 Å². The Kier molecular flexibility index (Phi) is 7.24. The van der Waals surface area contributed by atoms with Gasteiger partial charge in [-0.25, -0.2) is 0 Å². The first kappa shape index (κ1) is 23.1. The molecule has 1 N–H and O–H groups in total. The van der Waals surface area contributed by atoms with Crippen molar-refractivity contribution in [1.29, 1.82) is 0 Å². The van der Waals surface area contributed by atoms with Crippen LogP contribution in [0.2, 0.25) is 0 Å². The number of hydrogen-bond acceptors (Lipinski definition) is 7. The zero-order chi connectivity index (χ0) is 23.9. The number of para-hydroxylation sites is 1. The highest BCUT2D eigenvalue weighted by Gasteiger charge is 2.17. The van der Waals surface area contributed by atoms with E-state index < -0.39 is 0 Å². The van der Waals surface area contributed by atoms with Gasteiger partial charge in [0.15, 0.2) is 17.3 Å². The average Bonchev–Trinajstić information content (AvgIpc) is 3.30. The Bertz CT molecular complexity index is 1320. The predicted molar refractivity (Wildman–Crippen MR) is 134 cm³/mol. The van der Waals surface area contributed by atoms with Crippen LogP contribution >= 0.6 is 11.8 Å². The molecule has 0 radical (unpaired) electrons. The zero-order valence-electron chi connectivity index (χ0n) is 18.9. The molecule has 1 heterocycles. The van der Waals surface area contributed by atoms with E-state index in [9.17, 15) is 4.79 Å². The van der Waals surface area contributed by atoms with Gasteiger partial charge in [0.2, 0.25) is 5.16 Å². The maximum absolute atomic E-state index is 12.8. The third kappa shape index (κ3) is 4.94. The summed E-state index contributed by atoms with van der Waals surface area (Å²) in [6.07, 6.45) is 3.60. The summed E-state index contributed by atoms with van der Waals surface area (Å²) in [5.74, 6) is 1.54. The first-order valence-electron chi connectivity index (χ1n) is 10.4. The van der Waals surface area contributed by atoms with Crippen LogP contribution in [0.25, 0.3) is 11.4 Å². The second-order valence-electron chi connectivity index (χ2n) is 7.05. The number of benzene rings is 3. The van der Waals surface area contributed by atoms with E-state index in [-0.39, 0.29) is 5.91 Å². The van der Waals surface area contributed by atoms with Crippen LogP contribution < -0.4 is 14.8 Å². The van der Waals surface area contributed by atoms with Crippen molar-refractivity contribution in [3.8, 4) is 22.9 Å². The van der Waals surface area contributed by atoms with E-state index in [2.05, 4.69) is 20.6 Å². The standard InChI is InChI=1S/C25H23N5O3S/c1-32-21-14-13-17(15-22(21)33-2)16-26-30-23(28-29-25(30)34-3)19-11-7-8-12-20(19)27-24(31)18-9-5-4-6-10-18/h4-16H,1-3H3,(H,27,31)/b26-16+. The number of thioether (sulfide) groups is 1. The number of amides is 1. The molecular formula is C25H23N5O3S.